The molecule has 1 aromatic carbocycles. The summed E-state index contributed by atoms with van der Waals surface area (Å²) in [5, 5.41) is 0. The van der Waals surface area contributed by atoms with Crippen LogP contribution in [0.1, 0.15) is 56.1 Å². The number of rotatable bonds is 7. The highest BCUT2D eigenvalue weighted by molar-refractivity contribution is 7.13. The summed E-state index contributed by atoms with van der Waals surface area (Å²) in [5.74, 6) is 0. The Bertz CT molecular complexity index is 704. The van der Waals surface area contributed by atoms with Crippen LogP contribution in [0.3, 0.4) is 0 Å². The molecule has 1 aromatic heterocycles. The normalized spacial score (nSPS) is 14.6. The highest BCUT2D eigenvalue weighted by Gasteiger charge is 2.16. The fourth-order valence-corrected chi connectivity index (χ4v) is 4.38. The highest BCUT2D eigenvalue weighted by atomic mass is 32.1. The van der Waals surface area contributed by atoms with Crippen molar-refractivity contribution in [2.75, 3.05) is 13.1 Å². The Morgan fingerprint density at radius 1 is 1.08 bits per heavy atom. The van der Waals surface area contributed by atoms with Crippen LogP contribution in [-0.4, -0.2) is 24.3 Å². The molecule has 128 valence electrons. The van der Waals surface area contributed by atoms with E-state index >= 15 is 0 Å². The van der Waals surface area contributed by atoms with E-state index in [0.717, 1.165) is 24.1 Å². The van der Waals surface area contributed by atoms with Gasteiger partial charge in [-0.2, -0.15) is 0 Å². The molecule has 0 fully saturated rings. The fraction of sp³-hybridized carbons (Fsp3) is 0.476. The van der Waals surface area contributed by atoms with Crippen LogP contribution in [0.25, 0.3) is 0 Å². The van der Waals surface area contributed by atoms with Crippen LogP contribution in [0.4, 0.5) is 0 Å². The molecule has 0 radical (unpaired) electrons. The third-order valence-corrected chi connectivity index (χ3v) is 6.17. The van der Waals surface area contributed by atoms with E-state index in [1.165, 1.54) is 60.3 Å². The second-order valence-electron chi connectivity index (χ2n) is 6.96. The first-order valence-electron chi connectivity index (χ1n) is 9.01. The molecule has 0 atom stereocenters. The summed E-state index contributed by atoms with van der Waals surface area (Å²) in [4.78, 5) is 15.5. The first-order valence-corrected chi connectivity index (χ1v) is 9.82. The molecule has 0 bridgehead atoms. The first-order chi connectivity index (χ1) is 11.7. The number of thiophene rings is 1. The lowest BCUT2D eigenvalue weighted by Gasteiger charge is -2.29. The molecule has 2 heterocycles. The maximum absolute atomic E-state index is 10.7. The molecule has 0 N–H and O–H groups in total. The SMILES string of the molecule is Cc1cc2c(cc1C)CN(CCCCCc1ccc(C=O)s1)CC2. The molecule has 2 aromatic rings. The average molecular weight is 342 g/mol. The smallest absolute Gasteiger partial charge is 0.160 e. The van der Waals surface area contributed by atoms with Gasteiger partial charge in [-0.05, 0) is 80.5 Å². The molecule has 0 saturated carbocycles. The van der Waals surface area contributed by atoms with Crippen molar-refractivity contribution in [3.63, 3.8) is 0 Å². The van der Waals surface area contributed by atoms with Gasteiger partial charge in [-0.3, -0.25) is 9.69 Å². The summed E-state index contributed by atoms with van der Waals surface area (Å²) in [5.41, 5.74) is 5.93. The van der Waals surface area contributed by atoms with E-state index in [2.05, 4.69) is 36.9 Å². The molecule has 1 aliphatic rings. The van der Waals surface area contributed by atoms with Gasteiger partial charge in [-0.1, -0.05) is 18.6 Å². The number of nitrogens with zero attached hydrogens (tertiary/aromatic N) is 1. The largest absolute Gasteiger partial charge is 0.299 e. The lowest BCUT2D eigenvalue weighted by molar-refractivity contribution is 0.112. The number of aldehydes is 1. The van der Waals surface area contributed by atoms with Gasteiger partial charge >= 0.3 is 0 Å². The molecular formula is C21H27NOS. The monoisotopic (exact) mass is 341 g/mol. The first kappa shape index (κ1) is 17.4. The minimum Gasteiger partial charge on any atom is -0.299 e. The molecule has 0 unspecified atom stereocenters. The van der Waals surface area contributed by atoms with Crippen molar-refractivity contribution in [2.24, 2.45) is 0 Å². The van der Waals surface area contributed by atoms with Gasteiger partial charge in [-0.15, -0.1) is 11.3 Å². The fourth-order valence-electron chi connectivity index (χ4n) is 3.51. The van der Waals surface area contributed by atoms with Crippen LogP contribution >= 0.6 is 11.3 Å². The van der Waals surface area contributed by atoms with Crippen molar-refractivity contribution in [3.05, 3.63) is 56.3 Å². The van der Waals surface area contributed by atoms with Crippen LogP contribution < -0.4 is 0 Å². The van der Waals surface area contributed by atoms with Crippen LogP contribution in [0, 0.1) is 13.8 Å². The molecule has 0 aliphatic carbocycles. The Morgan fingerprint density at radius 2 is 1.88 bits per heavy atom. The number of hydrogen-bond donors (Lipinski definition) is 0. The summed E-state index contributed by atoms with van der Waals surface area (Å²) in [7, 11) is 0. The summed E-state index contributed by atoms with van der Waals surface area (Å²) in [6.45, 7) is 7.95. The van der Waals surface area contributed by atoms with Crippen molar-refractivity contribution in [1.82, 2.24) is 4.90 Å². The van der Waals surface area contributed by atoms with E-state index in [4.69, 9.17) is 0 Å². The quantitative estimate of drug-likeness (QED) is 0.525. The minimum absolute atomic E-state index is 0.850. The number of carbonyl (C=O) groups excluding carboxylic acids is 1. The van der Waals surface area contributed by atoms with Gasteiger partial charge in [0.15, 0.2) is 6.29 Å². The summed E-state index contributed by atoms with van der Waals surface area (Å²) >= 11 is 1.64. The van der Waals surface area contributed by atoms with Crippen LogP contribution in [0.5, 0.6) is 0 Å². The van der Waals surface area contributed by atoms with Crippen molar-refractivity contribution in [1.29, 1.82) is 0 Å². The number of fused-ring (bicyclic) bond motifs is 1. The van der Waals surface area contributed by atoms with Gasteiger partial charge in [0, 0.05) is 18.0 Å². The van der Waals surface area contributed by atoms with Gasteiger partial charge < -0.3 is 0 Å². The Balaban J connectivity index is 1.39. The molecule has 0 saturated heterocycles. The van der Waals surface area contributed by atoms with Gasteiger partial charge in [0.1, 0.15) is 0 Å². The third kappa shape index (κ3) is 4.34. The highest BCUT2D eigenvalue weighted by Crippen LogP contribution is 2.23. The summed E-state index contributed by atoms with van der Waals surface area (Å²) in [6.07, 6.45) is 7.02. The van der Waals surface area contributed by atoms with Crippen molar-refractivity contribution < 1.29 is 4.79 Å². The van der Waals surface area contributed by atoms with E-state index in [1.54, 1.807) is 16.9 Å². The zero-order valence-corrected chi connectivity index (χ0v) is 15.6. The minimum atomic E-state index is 0.850. The molecule has 24 heavy (non-hydrogen) atoms. The molecule has 3 heteroatoms. The Labute approximate surface area is 149 Å². The Morgan fingerprint density at radius 3 is 2.62 bits per heavy atom. The second kappa shape index (κ2) is 8.09. The Hall–Kier alpha value is -1.45. The second-order valence-corrected chi connectivity index (χ2v) is 8.16. The van der Waals surface area contributed by atoms with E-state index in [0.29, 0.717) is 0 Å². The number of carbonyl (C=O) groups is 1. The van der Waals surface area contributed by atoms with E-state index in [9.17, 15) is 4.79 Å². The number of aryl methyl sites for hydroxylation is 3. The van der Waals surface area contributed by atoms with Crippen molar-refractivity contribution in [2.45, 2.75) is 52.5 Å². The lowest BCUT2D eigenvalue weighted by atomic mass is 9.94. The topological polar surface area (TPSA) is 20.3 Å². The predicted molar refractivity (Wildman–Crippen MR) is 102 cm³/mol. The van der Waals surface area contributed by atoms with E-state index in [-0.39, 0.29) is 0 Å². The van der Waals surface area contributed by atoms with Gasteiger partial charge in [0.05, 0.1) is 4.88 Å². The van der Waals surface area contributed by atoms with Gasteiger partial charge in [-0.25, -0.2) is 0 Å². The molecule has 0 amide bonds. The van der Waals surface area contributed by atoms with Crippen molar-refractivity contribution in [3.8, 4) is 0 Å². The summed E-state index contributed by atoms with van der Waals surface area (Å²) in [6, 6.07) is 8.80. The van der Waals surface area contributed by atoms with Crippen LogP contribution in [0.15, 0.2) is 24.3 Å². The molecule has 2 nitrogen and oxygen atoms in total. The Kier molecular flexibility index (Phi) is 5.85. The number of unbranched alkanes of at least 4 members (excludes halogenated alkanes) is 2. The maximum atomic E-state index is 10.7. The van der Waals surface area contributed by atoms with Gasteiger partial charge in [0.25, 0.3) is 0 Å². The average Bonchev–Trinajstić information content (AvgIpc) is 3.04. The van der Waals surface area contributed by atoms with E-state index in [1.807, 2.05) is 6.07 Å². The van der Waals surface area contributed by atoms with Crippen LogP contribution in [0.2, 0.25) is 0 Å². The molecule has 1 aliphatic heterocycles. The van der Waals surface area contributed by atoms with Gasteiger partial charge in [0.2, 0.25) is 0 Å². The standard InChI is InChI=1S/C21H27NOS/c1-16-12-18-9-11-22(14-19(18)13-17(16)2)10-5-3-4-6-20-7-8-21(15-23)24-20/h7-8,12-13,15H,3-6,9-11,14H2,1-2H3. The zero-order valence-electron chi connectivity index (χ0n) is 14.8. The zero-order chi connectivity index (χ0) is 16.9. The number of benzene rings is 1. The van der Waals surface area contributed by atoms with Crippen molar-refractivity contribution >= 4 is 17.6 Å². The third-order valence-electron chi connectivity index (χ3n) is 5.10. The van der Waals surface area contributed by atoms with E-state index < -0.39 is 0 Å². The molecule has 3 rings (SSSR count). The summed E-state index contributed by atoms with van der Waals surface area (Å²) < 4.78 is 0. The van der Waals surface area contributed by atoms with Crippen LogP contribution in [-0.2, 0) is 19.4 Å². The maximum Gasteiger partial charge on any atom is 0.160 e. The predicted octanol–water partition coefficient (Wildman–Crippen LogP) is 4.95. The lowest BCUT2D eigenvalue weighted by Crippen LogP contribution is -2.31. The molecular weight excluding hydrogens is 314 g/mol. The molecule has 0 spiro atoms. The number of hydrogen-bond acceptors (Lipinski definition) is 3.